The Labute approximate surface area is 119 Å². The van der Waals surface area contributed by atoms with Crippen molar-refractivity contribution < 1.29 is 5.11 Å². The molecule has 0 aromatic heterocycles. The lowest BCUT2D eigenvalue weighted by molar-refractivity contribution is 0.0577. The minimum Gasteiger partial charge on any atom is -0.385 e. The SMILES string of the molecule is Cc1cc(C)cc(CC(C)(O)c2ccccc2Cl)c1. The zero-order chi connectivity index (χ0) is 14.0. The first-order chi connectivity index (χ1) is 8.88. The number of benzene rings is 2. The van der Waals surface area contributed by atoms with E-state index in [-0.39, 0.29) is 0 Å². The quantitative estimate of drug-likeness (QED) is 0.879. The van der Waals surface area contributed by atoms with E-state index in [1.807, 2.05) is 31.2 Å². The van der Waals surface area contributed by atoms with Crippen molar-refractivity contribution in [1.29, 1.82) is 0 Å². The Bertz CT molecular complexity index is 567. The first-order valence-electron chi connectivity index (χ1n) is 6.43. The molecule has 1 nitrogen and oxygen atoms in total. The molecule has 0 aliphatic carbocycles. The van der Waals surface area contributed by atoms with Gasteiger partial charge in [0.1, 0.15) is 0 Å². The molecule has 0 fully saturated rings. The van der Waals surface area contributed by atoms with Gasteiger partial charge in [0, 0.05) is 17.0 Å². The van der Waals surface area contributed by atoms with Crippen LogP contribution in [0.4, 0.5) is 0 Å². The number of aliphatic hydroxyl groups is 1. The summed E-state index contributed by atoms with van der Waals surface area (Å²) in [5.74, 6) is 0. The topological polar surface area (TPSA) is 20.2 Å². The summed E-state index contributed by atoms with van der Waals surface area (Å²) < 4.78 is 0. The number of aryl methyl sites for hydroxylation is 2. The van der Waals surface area contributed by atoms with Crippen molar-refractivity contribution in [2.75, 3.05) is 0 Å². The highest BCUT2D eigenvalue weighted by Crippen LogP contribution is 2.31. The Morgan fingerprint density at radius 1 is 1.05 bits per heavy atom. The summed E-state index contributed by atoms with van der Waals surface area (Å²) in [5.41, 5.74) is 3.37. The molecule has 1 N–H and O–H groups in total. The van der Waals surface area contributed by atoms with Crippen LogP contribution >= 0.6 is 11.6 Å². The van der Waals surface area contributed by atoms with E-state index >= 15 is 0 Å². The molecule has 0 heterocycles. The van der Waals surface area contributed by atoms with Gasteiger partial charge in [-0.3, -0.25) is 0 Å². The summed E-state index contributed by atoms with van der Waals surface area (Å²) in [6.45, 7) is 5.95. The third-order valence-electron chi connectivity index (χ3n) is 3.28. The highest BCUT2D eigenvalue weighted by atomic mass is 35.5. The highest BCUT2D eigenvalue weighted by molar-refractivity contribution is 6.31. The monoisotopic (exact) mass is 274 g/mol. The number of hydrogen-bond acceptors (Lipinski definition) is 1. The highest BCUT2D eigenvalue weighted by Gasteiger charge is 2.25. The molecule has 2 aromatic rings. The summed E-state index contributed by atoms with van der Waals surface area (Å²) in [6, 6.07) is 13.8. The summed E-state index contributed by atoms with van der Waals surface area (Å²) in [6.07, 6.45) is 0.555. The predicted molar refractivity (Wildman–Crippen MR) is 80.6 cm³/mol. The van der Waals surface area contributed by atoms with E-state index < -0.39 is 5.60 Å². The van der Waals surface area contributed by atoms with Crippen molar-refractivity contribution in [2.24, 2.45) is 0 Å². The van der Waals surface area contributed by atoms with Gasteiger partial charge in [-0.15, -0.1) is 0 Å². The van der Waals surface area contributed by atoms with Crippen molar-refractivity contribution in [3.05, 3.63) is 69.7 Å². The molecule has 0 radical (unpaired) electrons. The van der Waals surface area contributed by atoms with Crippen molar-refractivity contribution in [1.82, 2.24) is 0 Å². The van der Waals surface area contributed by atoms with Crippen LogP contribution in [0.3, 0.4) is 0 Å². The first-order valence-corrected chi connectivity index (χ1v) is 6.81. The third kappa shape index (κ3) is 3.37. The van der Waals surface area contributed by atoms with Crippen LogP contribution in [0, 0.1) is 13.8 Å². The lowest BCUT2D eigenvalue weighted by Crippen LogP contribution is -2.24. The minimum absolute atomic E-state index is 0.555. The van der Waals surface area contributed by atoms with Crippen LogP contribution in [-0.4, -0.2) is 5.11 Å². The van der Waals surface area contributed by atoms with Gasteiger partial charge < -0.3 is 5.11 Å². The molecule has 0 saturated carbocycles. The maximum absolute atomic E-state index is 10.7. The Balaban J connectivity index is 2.33. The lowest BCUT2D eigenvalue weighted by Gasteiger charge is -2.25. The van der Waals surface area contributed by atoms with Gasteiger partial charge in [-0.1, -0.05) is 59.1 Å². The van der Waals surface area contributed by atoms with Crippen molar-refractivity contribution in [3.8, 4) is 0 Å². The maximum atomic E-state index is 10.7. The summed E-state index contributed by atoms with van der Waals surface area (Å²) in [7, 11) is 0. The molecule has 0 aliphatic rings. The molecule has 0 amide bonds. The summed E-state index contributed by atoms with van der Waals surface area (Å²) >= 11 is 6.18. The normalized spacial score (nSPS) is 14.2. The summed E-state index contributed by atoms with van der Waals surface area (Å²) in [5, 5.41) is 11.3. The minimum atomic E-state index is -0.960. The van der Waals surface area contributed by atoms with Crippen LogP contribution in [0.1, 0.15) is 29.2 Å². The molecule has 0 spiro atoms. The van der Waals surface area contributed by atoms with Crippen LogP contribution in [0.5, 0.6) is 0 Å². The Kier molecular flexibility index (Phi) is 3.98. The van der Waals surface area contributed by atoms with Gasteiger partial charge in [0.2, 0.25) is 0 Å². The van der Waals surface area contributed by atoms with E-state index in [1.165, 1.54) is 11.1 Å². The third-order valence-corrected chi connectivity index (χ3v) is 3.61. The molecule has 2 rings (SSSR count). The zero-order valence-corrected chi connectivity index (χ0v) is 12.3. The fraction of sp³-hybridized carbons (Fsp3) is 0.294. The zero-order valence-electron chi connectivity index (χ0n) is 11.6. The van der Waals surface area contributed by atoms with E-state index in [9.17, 15) is 5.11 Å². The van der Waals surface area contributed by atoms with Crippen molar-refractivity contribution >= 4 is 11.6 Å². The fourth-order valence-electron chi connectivity index (χ4n) is 2.56. The van der Waals surface area contributed by atoms with Crippen LogP contribution in [0.2, 0.25) is 5.02 Å². The lowest BCUT2D eigenvalue weighted by atomic mass is 9.88. The van der Waals surface area contributed by atoms with E-state index in [1.54, 1.807) is 0 Å². The number of rotatable bonds is 3. The molecule has 2 aromatic carbocycles. The van der Waals surface area contributed by atoms with Gasteiger partial charge >= 0.3 is 0 Å². The fourth-order valence-corrected chi connectivity index (χ4v) is 2.90. The maximum Gasteiger partial charge on any atom is 0.0923 e. The van der Waals surface area contributed by atoms with E-state index in [2.05, 4.69) is 32.0 Å². The Morgan fingerprint density at radius 3 is 2.21 bits per heavy atom. The second-order valence-electron chi connectivity index (χ2n) is 5.43. The smallest absolute Gasteiger partial charge is 0.0923 e. The molecule has 19 heavy (non-hydrogen) atoms. The standard InChI is InChI=1S/C17H19ClO/c1-12-8-13(2)10-14(9-12)11-17(3,19)15-6-4-5-7-16(15)18/h4-10,19H,11H2,1-3H3. The van der Waals surface area contributed by atoms with Crippen molar-refractivity contribution in [3.63, 3.8) is 0 Å². The second kappa shape index (κ2) is 5.36. The molecule has 0 saturated heterocycles. The molecular formula is C17H19ClO. The largest absolute Gasteiger partial charge is 0.385 e. The molecule has 2 heteroatoms. The number of halogens is 1. The van der Waals surface area contributed by atoms with Gasteiger partial charge in [0.15, 0.2) is 0 Å². The van der Waals surface area contributed by atoms with Crippen LogP contribution in [-0.2, 0) is 12.0 Å². The van der Waals surface area contributed by atoms with Crippen LogP contribution in [0.25, 0.3) is 0 Å². The molecule has 0 bridgehead atoms. The van der Waals surface area contributed by atoms with Gasteiger partial charge in [-0.2, -0.15) is 0 Å². The van der Waals surface area contributed by atoms with Gasteiger partial charge in [-0.05, 0) is 32.4 Å². The van der Waals surface area contributed by atoms with Gasteiger partial charge in [0.05, 0.1) is 5.60 Å². The van der Waals surface area contributed by atoms with E-state index in [0.717, 1.165) is 11.1 Å². The van der Waals surface area contributed by atoms with Crippen LogP contribution < -0.4 is 0 Å². The van der Waals surface area contributed by atoms with Crippen LogP contribution in [0.15, 0.2) is 42.5 Å². The second-order valence-corrected chi connectivity index (χ2v) is 5.83. The Morgan fingerprint density at radius 2 is 1.63 bits per heavy atom. The molecule has 100 valence electrons. The first kappa shape index (κ1) is 14.1. The van der Waals surface area contributed by atoms with E-state index in [0.29, 0.717) is 11.4 Å². The predicted octanol–water partition coefficient (Wildman–Crippen LogP) is 4.41. The van der Waals surface area contributed by atoms with E-state index in [4.69, 9.17) is 11.6 Å². The van der Waals surface area contributed by atoms with Gasteiger partial charge in [0.25, 0.3) is 0 Å². The average Bonchev–Trinajstić information content (AvgIpc) is 2.26. The van der Waals surface area contributed by atoms with Gasteiger partial charge in [-0.25, -0.2) is 0 Å². The molecule has 1 unspecified atom stereocenters. The average molecular weight is 275 g/mol. The number of hydrogen-bond donors (Lipinski definition) is 1. The molecule has 1 atom stereocenters. The summed E-state index contributed by atoms with van der Waals surface area (Å²) in [4.78, 5) is 0. The van der Waals surface area contributed by atoms with Crippen molar-refractivity contribution in [2.45, 2.75) is 32.8 Å². The molecular weight excluding hydrogens is 256 g/mol. The molecule has 0 aliphatic heterocycles. The Hall–Kier alpha value is -1.31.